The zero-order chi connectivity index (χ0) is 26.9. The van der Waals surface area contributed by atoms with Crippen molar-refractivity contribution in [2.75, 3.05) is 27.2 Å². The molecule has 0 aliphatic heterocycles. The van der Waals surface area contributed by atoms with E-state index in [1.165, 1.54) is 82.7 Å². The van der Waals surface area contributed by atoms with Crippen molar-refractivity contribution in [3.8, 4) is 0 Å². The summed E-state index contributed by atoms with van der Waals surface area (Å²) in [6, 6.07) is 9.59. The molecule has 5 aliphatic rings. The first-order valence-corrected chi connectivity index (χ1v) is 16.5. The zero-order valence-electron chi connectivity index (χ0n) is 25.9. The van der Waals surface area contributed by atoms with Crippen LogP contribution < -0.4 is 5.32 Å². The maximum atomic E-state index is 4.19. The van der Waals surface area contributed by atoms with Gasteiger partial charge in [0.25, 0.3) is 0 Å². The molecule has 0 saturated heterocycles. The fraction of sp³-hybridized carbons (Fsp3) is 0.833. The summed E-state index contributed by atoms with van der Waals surface area (Å²) in [4.78, 5) is 2.35. The van der Waals surface area contributed by atoms with Crippen molar-refractivity contribution in [3.05, 3.63) is 35.4 Å². The number of likely N-dealkylation sites (N-methyl/N-ethyl adjacent to an activating group) is 1. The second-order valence-corrected chi connectivity index (χ2v) is 16.3. The molecule has 0 bridgehead atoms. The molecule has 38 heavy (non-hydrogen) atoms. The summed E-state index contributed by atoms with van der Waals surface area (Å²) in [7, 11) is 4.44. The lowest BCUT2D eigenvalue weighted by Gasteiger charge is -2.69. The number of nitrogens with one attached hydrogen (secondary N) is 1. The van der Waals surface area contributed by atoms with Gasteiger partial charge in [0.15, 0.2) is 0 Å². The predicted molar refractivity (Wildman–Crippen MR) is 161 cm³/mol. The molecule has 2 nitrogen and oxygen atoms in total. The molecule has 1 aromatic rings. The van der Waals surface area contributed by atoms with E-state index in [1.54, 1.807) is 5.56 Å². The minimum Gasteiger partial charge on any atom is -0.310 e. The van der Waals surface area contributed by atoms with E-state index in [9.17, 15) is 0 Å². The Kier molecular flexibility index (Phi) is 6.91. The van der Waals surface area contributed by atoms with Crippen LogP contribution in [0.1, 0.15) is 115 Å². The Morgan fingerprint density at radius 3 is 2.24 bits per heavy atom. The minimum absolute atomic E-state index is 0.379. The fourth-order valence-electron chi connectivity index (χ4n) is 12.5. The van der Waals surface area contributed by atoms with E-state index < -0.39 is 0 Å². The third-order valence-electron chi connectivity index (χ3n) is 14.1. The lowest BCUT2D eigenvalue weighted by molar-refractivity contribution is -0.195. The molecule has 212 valence electrons. The molecule has 0 spiro atoms. The molecule has 0 heterocycles. The van der Waals surface area contributed by atoms with Gasteiger partial charge in [-0.1, -0.05) is 63.9 Å². The van der Waals surface area contributed by atoms with Gasteiger partial charge in [0.1, 0.15) is 0 Å². The first kappa shape index (κ1) is 27.3. The molecule has 2 heteroatoms. The number of hydrogen-bond donors (Lipinski definition) is 1. The average molecular weight is 519 g/mol. The van der Waals surface area contributed by atoms with Crippen LogP contribution in [0.3, 0.4) is 0 Å². The monoisotopic (exact) mass is 518 g/mol. The molecule has 0 aromatic heterocycles. The smallest absolute Gasteiger partial charge is 0.0213 e. The van der Waals surface area contributed by atoms with Gasteiger partial charge >= 0.3 is 0 Å². The van der Waals surface area contributed by atoms with Gasteiger partial charge in [0.05, 0.1) is 0 Å². The van der Waals surface area contributed by atoms with Crippen LogP contribution in [0.25, 0.3) is 0 Å². The first-order chi connectivity index (χ1) is 18.0. The van der Waals surface area contributed by atoms with Gasteiger partial charge in [-0.25, -0.2) is 0 Å². The van der Waals surface area contributed by atoms with Crippen LogP contribution in [0.15, 0.2) is 24.3 Å². The second-order valence-electron chi connectivity index (χ2n) is 16.3. The van der Waals surface area contributed by atoms with E-state index >= 15 is 0 Å². The van der Waals surface area contributed by atoms with Crippen molar-refractivity contribution in [2.24, 2.45) is 45.8 Å². The summed E-state index contributed by atoms with van der Waals surface area (Å²) < 4.78 is 0. The molecule has 0 amide bonds. The summed E-state index contributed by atoms with van der Waals surface area (Å²) in [6.45, 7) is 15.4. The summed E-state index contributed by atoms with van der Waals surface area (Å²) in [5.74, 6) is 5.35. The predicted octanol–water partition coefficient (Wildman–Crippen LogP) is 8.45. The minimum atomic E-state index is 0.379. The summed E-state index contributed by atoms with van der Waals surface area (Å²) in [5, 5.41) is 4.19. The summed E-state index contributed by atoms with van der Waals surface area (Å²) >= 11 is 0. The number of fused-ring (bicyclic) bond motifs is 7. The summed E-state index contributed by atoms with van der Waals surface area (Å²) in [6.07, 6.45) is 16.1. The Hall–Kier alpha value is -0.860. The van der Waals surface area contributed by atoms with Crippen LogP contribution in [-0.4, -0.2) is 37.6 Å². The number of hydrogen-bond acceptors (Lipinski definition) is 2. The molecule has 4 unspecified atom stereocenters. The van der Waals surface area contributed by atoms with E-state index in [1.807, 2.05) is 0 Å². The van der Waals surface area contributed by atoms with Crippen molar-refractivity contribution < 1.29 is 0 Å². The SMILES string of the molecule is Cc1ccc([C@H]2CC[C@@]3(C)C(CC[C@@]4(C)C5CC[C@@]6(NCCN(C)C)CCCC6[C@H]5CCC43)C2(C)C)cc1. The van der Waals surface area contributed by atoms with Crippen LogP contribution >= 0.6 is 0 Å². The maximum Gasteiger partial charge on any atom is 0.0213 e. The quantitative estimate of drug-likeness (QED) is 0.421. The van der Waals surface area contributed by atoms with Crippen molar-refractivity contribution in [1.29, 1.82) is 0 Å². The Morgan fingerprint density at radius 1 is 0.763 bits per heavy atom. The van der Waals surface area contributed by atoms with E-state index in [2.05, 4.69) is 83.2 Å². The normalized spacial score (nSPS) is 45.7. The van der Waals surface area contributed by atoms with Gasteiger partial charge in [-0.15, -0.1) is 0 Å². The fourth-order valence-corrected chi connectivity index (χ4v) is 12.5. The van der Waals surface area contributed by atoms with E-state index in [-0.39, 0.29) is 0 Å². The standard InChI is InChI=1S/C36H58N2/c1-25-10-12-26(13-11-25)28-16-20-35(5)31(33(28,2)3)18-21-34(4)29-17-22-36(37-23-24-38(6)7)19-8-9-30(36)27(29)14-15-32(34)35/h10-13,27-32,37H,8-9,14-24H2,1-7H3/t27-,28+,29?,30?,31?,32?,34-,35-,36-/m0/s1. The Morgan fingerprint density at radius 2 is 1.50 bits per heavy atom. The summed E-state index contributed by atoms with van der Waals surface area (Å²) in [5.41, 5.74) is 4.89. The number of benzene rings is 1. The Bertz CT molecular complexity index is 995. The van der Waals surface area contributed by atoms with Crippen molar-refractivity contribution in [2.45, 2.75) is 117 Å². The topological polar surface area (TPSA) is 15.3 Å². The van der Waals surface area contributed by atoms with Gasteiger partial charge in [-0.3, -0.25) is 0 Å². The zero-order valence-corrected chi connectivity index (χ0v) is 25.9. The number of aryl methyl sites for hydroxylation is 1. The molecular formula is C36H58N2. The number of nitrogens with zero attached hydrogens (tertiary/aromatic N) is 1. The van der Waals surface area contributed by atoms with E-state index in [4.69, 9.17) is 0 Å². The molecular weight excluding hydrogens is 460 g/mol. The van der Waals surface area contributed by atoms with Crippen LogP contribution in [0.4, 0.5) is 0 Å². The average Bonchev–Trinajstić information content (AvgIpc) is 3.28. The van der Waals surface area contributed by atoms with Crippen LogP contribution in [-0.2, 0) is 0 Å². The molecule has 5 saturated carbocycles. The van der Waals surface area contributed by atoms with Crippen molar-refractivity contribution in [1.82, 2.24) is 10.2 Å². The van der Waals surface area contributed by atoms with Gasteiger partial charge in [0.2, 0.25) is 0 Å². The van der Waals surface area contributed by atoms with Crippen LogP contribution in [0.2, 0.25) is 0 Å². The van der Waals surface area contributed by atoms with Gasteiger partial charge < -0.3 is 10.2 Å². The lowest BCUT2D eigenvalue weighted by Crippen LogP contribution is -2.64. The highest BCUT2D eigenvalue weighted by molar-refractivity contribution is 5.28. The maximum absolute atomic E-state index is 4.19. The molecule has 5 fully saturated rings. The van der Waals surface area contributed by atoms with Crippen molar-refractivity contribution in [3.63, 3.8) is 0 Å². The Balaban J connectivity index is 1.24. The highest BCUT2D eigenvalue weighted by Gasteiger charge is 2.66. The van der Waals surface area contributed by atoms with Crippen molar-refractivity contribution >= 4 is 0 Å². The Labute approximate surface area is 235 Å². The third kappa shape index (κ3) is 4.08. The molecule has 1 N–H and O–H groups in total. The molecule has 6 rings (SSSR count). The molecule has 9 atom stereocenters. The van der Waals surface area contributed by atoms with Gasteiger partial charge in [-0.2, -0.15) is 0 Å². The largest absolute Gasteiger partial charge is 0.310 e. The van der Waals surface area contributed by atoms with Gasteiger partial charge in [-0.05, 0) is 143 Å². The third-order valence-corrected chi connectivity index (χ3v) is 14.1. The van der Waals surface area contributed by atoms with Gasteiger partial charge in [0, 0.05) is 18.6 Å². The van der Waals surface area contributed by atoms with E-state index in [0.29, 0.717) is 27.7 Å². The highest BCUT2D eigenvalue weighted by atomic mass is 15.1. The lowest BCUT2D eigenvalue weighted by atomic mass is 9.35. The van der Waals surface area contributed by atoms with E-state index in [0.717, 1.165) is 36.1 Å². The van der Waals surface area contributed by atoms with Crippen LogP contribution in [0, 0.1) is 52.8 Å². The highest BCUT2D eigenvalue weighted by Crippen LogP contribution is 2.73. The molecule has 5 aliphatic carbocycles. The van der Waals surface area contributed by atoms with Crippen LogP contribution in [0.5, 0.6) is 0 Å². The second kappa shape index (κ2) is 9.61. The molecule has 1 aromatic carbocycles. The molecule has 0 radical (unpaired) electrons. The number of rotatable bonds is 5. The first-order valence-electron chi connectivity index (χ1n) is 16.5.